The molecule has 3 heteroatoms. The molecule has 1 aliphatic carbocycles. The topological polar surface area (TPSA) is 35.2 Å². The van der Waals surface area contributed by atoms with Gasteiger partial charge in [0.05, 0.1) is 0 Å². The highest BCUT2D eigenvalue weighted by molar-refractivity contribution is 5.32. The number of hydrogen-bond acceptors (Lipinski definition) is 2. The summed E-state index contributed by atoms with van der Waals surface area (Å²) in [6, 6.07) is 4.87. The molecule has 0 amide bonds. The van der Waals surface area contributed by atoms with E-state index in [0.29, 0.717) is 0 Å². The zero-order chi connectivity index (χ0) is 10.8. The Hall–Kier alpha value is -1.09. The summed E-state index contributed by atoms with van der Waals surface area (Å²) in [6.45, 7) is 1.85. The molecule has 1 fully saturated rings. The van der Waals surface area contributed by atoms with Crippen LogP contribution in [0.3, 0.4) is 0 Å². The number of nitrogens with two attached hydrogens (primary N) is 1. The summed E-state index contributed by atoms with van der Waals surface area (Å²) >= 11 is 0. The molecule has 0 aromatic heterocycles. The van der Waals surface area contributed by atoms with Gasteiger partial charge in [-0.25, -0.2) is 4.39 Å². The van der Waals surface area contributed by atoms with Gasteiger partial charge in [0.25, 0.3) is 0 Å². The Bertz CT molecular complexity index is 353. The lowest BCUT2D eigenvalue weighted by molar-refractivity contribution is 0.206. The van der Waals surface area contributed by atoms with Gasteiger partial charge in [-0.2, -0.15) is 0 Å². The van der Waals surface area contributed by atoms with Crippen LogP contribution in [0.2, 0.25) is 0 Å². The van der Waals surface area contributed by atoms with E-state index in [1.54, 1.807) is 6.07 Å². The maximum absolute atomic E-state index is 12.8. The number of rotatable bonds is 2. The van der Waals surface area contributed by atoms with E-state index in [-0.39, 0.29) is 18.0 Å². The van der Waals surface area contributed by atoms with E-state index in [1.165, 1.54) is 12.1 Å². The normalized spacial score (nSPS) is 25.5. The summed E-state index contributed by atoms with van der Waals surface area (Å²) in [5.41, 5.74) is 6.64. The molecule has 1 saturated carbocycles. The minimum atomic E-state index is -0.219. The van der Waals surface area contributed by atoms with Crippen molar-refractivity contribution in [1.29, 1.82) is 0 Å². The number of halogens is 1. The second kappa shape index (κ2) is 4.19. The summed E-state index contributed by atoms with van der Waals surface area (Å²) in [5, 5.41) is 0. The minimum Gasteiger partial charge on any atom is -0.490 e. The third-order valence-electron chi connectivity index (χ3n) is 2.86. The second-order valence-corrected chi connectivity index (χ2v) is 4.22. The predicted octanol–water partition coefficient (Wildman–Crippen LogP) is 2.39. The second-order valence-electron chi connectivity index (χ2n) is 4.22. The van der Waals surface area contributed by atoms with E-state index >= 15 is 0 Å². The number of aryl methyl sites for hydroxylation is 1. The molecule has 2 unspecified atom stereocenters. The molecule has 0 aliphatic heterocycles. The SMILES string of the molecule is Cc1cc(F)ccc1OC1CCC(N)C1. The van der Waals surface area contributed by atoms with Gasteiger partial charge in [-0.05, 0) is 49.9 Å². The average molecular weight is 209 g/mol. The highest BCUT2D eigenvalue weighted by Gasteiger charge is 2.23. The fraction of sp³-hybridized carbons (Fsp3) is 0.500. The molecule has 0 spiro atoms. The molecular weight excluding hydrogens is 193 g/mol. The molecule has 1 aromatic carbocycles. The van der Waals surface area contributed by atoms with E-state index in [9.17, 15) is 4.39 Å². The van der Waals surface area contributed by atoms with Crippen molar-refractivity contribution >= 4 is 0 Å². The van der Waals surface area contributed by atoms with Crippen LogP contribution in [0.25, 0.3) is 0 Å². The van der Waals surface area contributed by atoms with Crippen LogP contribution in [0.4, 0.5) is 4.39 Å². The minimum absolute atomic E-state index is 0.198. The van der Waals surface area contributed by atoms with Crippen LogP contribution in [0, 0.1) is 12.7 Å². The maximum atomic E-state index is 12.8. The highest BCUT2D eigenvalue weighted by Crippen LogP contribution is 2.26. The fourth-order valence-corrected chi connectivity index (χ4v) is 2.00. The smallest absolute Gasteiger partial charge is 0.123 e. The van der Waals surface area contributed by atoms with Crippen LogP contribution in [-0.2, 0) is 0 Å². The molecule has 2 nitrogen and oxygen atoms in total. The summed E-state index contributed by atoms with van der Waals surface area (Å²) in [5.74, 6) is 0.554. The lowest BCUT2D eigenvalue weighted by Crippen LogP contribution is -2.19. The monoisotopic (exact) mass is 209 g/mol. The standard InChI is InChI=1S/C12H16FNO/c1-8-6-9(13)2-5-12(8)15-11-4-3-10(14)7-11/h2,5-6,10-11H,3-4,7,14H2,1H3. The lowest BCUT2D eigenvalue weighted by Gasteiger charge is -2.15. The van der Waals surface area contributed by atoms with Crippen molar-refractivity contribution in [3.8, 4) is 5.75 Å². The first-order valence-corrected chi connectivity index (χ1v) is 5.33. The summed E-state index contributed by atoms with van der Waals surface area (Å²) in [7, 11) is 0. The van der Waals surface area contributed by atoms with E-state index in [0.717, 1.165) is 30.6 Å². The zero-order valence-electron chi connectivity index (χ0n) is 8.87. The molecule has 0 radical (unpaired) electrons. The van der Waals surface area contributed by atoms with Crippen molar-refractivity contribution < 1.29 is 9.13 Å². The van der Waals surface area contributed by atoms with Gasteiger partial charge in [-0.15, -0.1) is 0 Å². The molecular formula is C12H16FNO. The van der Waals surface area contributed by atoms with Crippen LogP contribution in [-0.4, -0.2) is 12.1 Å². The molecule has 0 bridgehead atoms. The summed E-state index contributed by atoms with van der Waals surface area (Å²) < 4.78 is 18.6. The van der Waals surface area contributed by atoms with Gasteiger partial charge < -0.3 is 10.5 Å². The molecule has 1 aliphatic rings. The van der Waals surface area contributed by atoms with E-state index in [2.05, 4.69) is 0 Å². The Labute approximate surface area is 89.2 Å². The first kappa shape index (κ1) is 10.4. The van der Waals surface area contributed by atoms with Gasteiger partial charge in [0.2, 0.25) is 0 Å². The zero-order valence-corrected chi connectivity index (χ0v) is 8.87. The van der Waals surface area contributed by atoms with Crippen LogP contribution in [0.1, 0.15) is 24.8 Å². The predicted molar refractivity (Wildman–Crippen MR) is 57.4 cm³/mol. The third-order valence-corrected chi connectivity index (χ3v) is 2.86. The number of hydrogen-bond donors (Lipinski definition) is 1. The Kier molecular flexibility index (Phi) is 2.91. The van der Waals surface area contributed by atoms with Crippen molar-refractivity contribution in [2.45, 2.75) is 38.3 Å². The number of ether oxygens (including phenoxy) is 1. The van der Waals surface area contributed by atoms with Gasteiger partial charge in [-0.1, -0.05) is 0 Å². The van der Waals surface area contributed by atoms with Gasteiger partial charge in [0.1, 0.15) is 17.7 Å². The van der Waals surface area contributed by atoms with E-state index in [1.807, 2.05) is 6.92 Å². The van der Waals surface area contributed by atoms with Crippen molar-refractivity contribution in [2.24, 2.45) is 5.73 Å². The molecule has 0 heterocycles. The van der Waals surface area contributed by atoms with Gasteiger partial charge in [-0.3, -0.25) is 0 Å². The first-order valence-electron chi connectivity index (χ1n) is 5.33. The quantitative estimate of drug-likeness (QED) is 0.811. The molecule has 15 heavy (non-hydrogen) atoms. The van der Waals surface area contributed by atoms with Crippen LogP contribution in [0.5, 0.6) is 5.75 Å². The molecule has 2 atom stereocenters. The lowest BCUT2D eigenvalue weighted by atomic mass is 10.2. The number of benzene rings is 1. The summed E-state index contributed by atoms with van der Waals surface area (Å²) in [6.07, 6.45) is 3.11. The highest BCUT2D eigenvalue weighted by atomic mass is 19.1. The van der Waals surface area contributed by atoms with Crippen molar-refractivity contribution in [3.63, 3.8) is 0 Å². The molecule has 2 N–H and O–H groups in total. The summed E-state index contributed by atoms with van der Waals surface area (Å²) in [4.78, 5) is 0. The Balaban J connectivity index is 2.04. The largest absolute Gasteiger partial charge is 0.490 e. The van der Waals surface area contributed by atoms with Gasteiger partial charge >= 0.3 is 0 Å². The molecule has 0 saturated heterocycles. The van der Waals surface area contributed by atoms with Crippen molar-refractivity contribution in [3.05, 3.63) is 29.6 Å². The maximum Gasteiger partial charge on any atom is 0.123 e. The van der Waals surface area contributed by atoms with E-state index < -0.39 is 0 Å². The van der Waals surface area contributed by atoms with Crippen LogP contribution < -0.4 is 10.5 Å². The average Bonchev–Trinajstić information content (AvgIpc) is 2.56. The molecule has 2 rings (SSSR count). The Morgan fingerprint density at radius 1 is 1.40 bits per heavy atom. The van der Waals surface area contributed by atoms with E-state index in [4.69, 9.17) is 10.5 Å². The van der Waals surface area contributed by atoms with Crippen LogP contribution in [0.15, 0.2) is 18.2 Å². The Morgan fingerprint density at radius 2 is 2.20 bits per heavy atom. The first-order chi connectivity index (χ1) is 7.15. The van der Waals surface area contributed by atoms with Gasteiger partial charge in [0.15, 0.2) is 0 Å². The Morgan fingerprint density at radius 3 is 2.80 bits per heavy atom. The third kappa shape index (κ3) is 2.48. The fourth-order valence-electron chi connectivity index (χ4n) is 2.00. The van der Waals surface area contributed by atoms with Gasteiger partial charge in [0, 0.05) is 6.04 Å². The van der Waals surface area contributed by atoms with Crippen molar-refractivity contribution in [2.75, 3.05) is 0 Å². The molecule has 82 valence electrons. The van der Waals surface area contributed by atoms with Crippen LogP contribution >= 0.6 is 0 Å². The molecule has 1 aromatic rings. The van der Waals surface area contributed by atoms with Crippen molar-refractivity contribution in [1.82, 2.24) is 0 Å².